The summed E-state index contributed by atoms with van der Waals surface area (Å²) in [5, 5.41) is 2.96. The molecule has 2 aromatic carbocycles. The van der Waals surface area contributed by atoms with Crippen LogP contribution in [-0.4, -0.2) is 18.7 Å². The van der Waals surface area contributed by atoms with Crippen LogP contribution >= 0.6 is 0 Å². The van der Waals surface area contributed by atoms with E-state index in [-0.39, 0.29) is 5.91 Å². The molecular weight excluding hydrogens is 262 g/mol. The minimum absolute atomic E-state index is 0.132. The molecular formula is C18H21NO2. The van der Waals surface area contributed by atoms with Crippen molar-refractivity contribution in [3.8, 4) is 0 Å². The van der Waals surface area contributed by atoms with Crippen molar-refractivity contribution in [2.24, 2.45) is 0 Å². The fourth-order valence-corrected chi connectivity index (χ4v) is 2.16. The van der Waals surface area contributed by atoms with Crippen LogP contribution in [0.3, 0.4) is 0 Å². The molecule has 0 radical (unpaired) electrons. The first-order valence-corrected chi connectivity index (χ1v) is 7.01. The molecule has 0 aliphatic carbocycles. The van der Waals surface area contributed by atoms with E-state index < -0.39 is 5.72 Å². The zero-order chi connectivity index (χ0) is 15.3. The molecule has 1 amide bonds. The van der Waals surface area contributed by atoms with Gasteiger partial charge in [-0.3, -0.25) is 4.79 Å². The minimum atomic E-state index is -0.734. The lowest BCUT2D eigenvalue weighted by atomic mass is 10.0. The van der Waals surface area contributed by atoms with E-state index in [0.29, 0.717) is 12.0 Å². The van der Waals surface area contributed by atoms with Crippen LogP contribution in [0, 0.1) is 6.92 Å². The van der Waals surface area contributed by atoms with E-state index in [2.05, 4.69) is 36.5 Å². The van der Waals surface area contributed by atoms with Crippen LogP contribution in [0.5, 0.6) is 0 Å². The Morgan fingerprint density at radius 1 is 1.10 bits per heavy atom. The SMILES string of the molecule is COC(C)(Cc1ccc(C)cc1)NC(=O)c1ccccc1. The molecule has 0 bridgehead atoms. The summed E-state index contributed by atoms with van der Waals surface area (Å²) in [6.07, 6.45) is 0.613. The van der Waals surface area contributed by atoms with Gasteiger partial charge < -0.3 is 10.1 Å². The number of carbonyl (C=O) groups excluding carboxylic acids is 1. The molecule has 0 aromatic heterocycles. The molecule has 21 heavy (non-hydrogen) atoms. The first kappa shape index (κ1) is 15.3. The molecule has 2 rings (SSSR count). The van der Waals surface area contributed by atoms with E-state index in [9.17, 15) is 4.79 Å². The van der Waals surface area contributed by atoms with Gasteiger partial charge in [-0.1, -0.05) is 48.0 Å². The lowest BCUT2D eigenvalue weighted by molar-refractivity contribution is -0.0180. The maximum absolute atomic E-state index is 12.3. The molecule has 0 heterocycles. The Morgan fingerprint density at radius 3 is 2.29 bits per heavy atom. The van der Waals surface area contributed by atoms with Gasteiger partial charge in [0.15, 0.2) is 0 Å². The quantitative estimate of drug-likeness (QED) is 0.855. The molecule has 0 spiro atoms. The number of benzene rings is 2. The Bertz CT molecular complexity index is 592. The smallest absolute Gasteiger partial charge is 0.253 e. The van der Waals surface area contributed by atoms with Gasteiger partial charge in [0.05, 0.1) is 0 Å². The van der Waals surface area contributed by atoms with Gasteiger partial charge in [0.2, 0.25) is 0 Å². The predicted molar refractivity (Wildman–Crippen MR) is 84.2 cm³/mol. The summed E-state index contributed by atoms with van der Waals surface area (Å²) < 4.78 is 5.53. The molecule has 1 unspecified atom stereocenters. The standard InChI is InChI=1S/C18H21NO2/c1-14-9-11-15(12-10-14)13-18(2,21-3)19-17(20)16-7-5-4-6-8-16/h4-12H,13H2,1-3H3,(H,19,20). The highest BCUT2D eigenvalue weighted by Crippen LogP contribution is 2.16. The van der Waals surface area contributed by atoms with Crippen molar-refractivity contribution in [3.63, 3.8) is 0 Å². The van der Waals surface area contributed by atoms with Crippen molar-refractivity contribution in [1.29, 1.82) is 0 Å². The maximum atomic E-state index is 12.3. The van der Waals surface area contributed by atoms with Gasteiger partial charge in [-0.2, -0.15) is 0 Å². The van der Waals surface area contributed by atoms with Crippen molar-refractivity contribution >= 4 is 5.91 Å². The second-order valence-electron chi connectivity index (χ2n) is 5.42. The van der Waals surface area contributed by atoms with Crippen LogP contribution < -0.4 is 5.32 Å². The predicted octanol–water partition coefficient (Wildman–Crippen LogP) is 3.33. The molecule has 3 nitrogen and oxygen atoms in total. The van der Waals surface area contributed by atoms with Gasteiger partial charge in [-0.15, -0.1) is 0 Å². The van der Waals surface area contributed by atoms with E-state index in [4.69, 9.17) is 4.74 Å². The number of carbonyl (C=O) groups is 1. The monoisotopic (exact) mass is 283 g/mol. The number of methoxy groups -OCH3 is 1. The summed E-state index contributed by atoms with van der Waals surface area (Å²) in [7, 11) is 1.61. The number of hydrogen-bond acceptors (Lipinski definition) is 2. The first-order valence-electron chi connectivity index (χ1n) is 7.01. The van der Waals surface area contributed by atoms with Crippen LogP contribution in [0.15, 0.2) is 54.6 Å². The van der Waals surface area contributed by atoms with Gasteiger partial charge in [0, 0.05) is 19.1 Å². The Hall–Kier alpha value is -2.13. The zero-order valence-electron chi connectivity index (χ0n) is 12.7. The second-order valence-corrected chi connectivity index (χ2v) is 5.42. The van der Waals surface area contributed by atoms with Crippen molar-refractivity contribution in [1.82, 2.24) is 5.32 Å². The number of ether oxygens (including phenoxy) is 1. The highest BCUT2D eigenvalue weighted by molar-refractivity contribution is 5.94. The highest BCUT2D eigenvalue weighted by Gasteiger charge is 2.26. The first-order chi connectivity index (χ1) is 10.0. The second kappa shape index (κ2) is 6.55. The summed E-state index contributed by atoms with van der Waals surface area (Å²) in [6.45, 7) is 3.93. The van der Waals surface area contributed by atoms with Crippen LogP contribution in [0.1, 0.15) is 28.4 Å². The third kappa shape index (κ3) is 4.17. The summed E-state index contributed by atoms with van der Waals surface area (Å²) in [5.74, 6) is -0.132. The summed E-state index contributed by atoms with van der Waals surface area (Å²) in [4.78, 5) is 12.3. The van der Waals surface area contributed by atoms with E-state index in [0.717, 1.165) is 5.56 Å². The molecule has 0 saturated carbocycles. The molecule has 1 atom stereocenters. The molecule has 3 heteroatoms. The summed E-state index contributed by atoms with van der Waals surface area (Å²) in [5.41, 5.74) is 2.23. The number of aryl methyl sites for hydroxylation is 1. The van der Waals surface area contributed by atoms with Crippen molar-refractivity contribution < 1.29 is 9.53 Å². The Kier molecular flexibility index (Phi) is 4.76. The topological polar surface area (TPSA) is 38.3 Å². The number of hydrogen-bond donors (Lipinski definition) is 1. The number of rotatable bonds is 5. The molecule has 1 N–H and O–H groups in total. The number of nitrogens with one attached hydrogen (secondary N) is 1. The van der Waals surface area contributed by atoms with Crippen molar-refractivity contribution in [2.75, 3.05) is 7.11 Å². The highest BCUT2D eigenvalue weighted by atomic mass is 16.5. The van der Waals surface area contributed by atoms with Gasteiger partial charge in [-0.05, 0) is 31.5 Å². The van der Waals surface area contributed by atoms with Crippen LogP contribution in [0.25, 0.3) is 0 Å². The Labute approximate surface area is 126 Å². The lowest BCUT2D eigenvalue weighted by Crippen LogP contribution is -2.49. The van der Waals surface area contributed by atoms with E-state index >= 15 is 0 Å². The number of amides is 1. The molecule has 0 saturated heterocycles. The third-order valence-corrected chi connectivity index (χ3v) is 3.53. The average Bonchev–Trinajstić information content (AvgIpc) is 2.50. The van der Waals surface area contributed by atoms with Gasteiger partial charge in [0.1, 0.15) is 5.72 Å². The largest absolute Gasteiger partial charge is 0.359 e. The van der Waals surface area contributed by atoms with Gasteiger partial charge >= 0.3 is 0 Å². The van der Waals surface area contributed by atoms with Gasteiger partial charge in [-0.25, -0.2) is 0 Å². The minimum Gasteiger partial charge on any atom is -0.359 e. The summed E-state index contributed by atoms with van der Waals surface area (Å²) >= 11 is 0. The van der Waals surface area contributed by atoms with Crippen LogP contribution in [0.2, 0.25) is 0 Å². The Balaban J connectivity index is 2.10. The zero-order valence-corrected chi connectivity index (χ0v) is 12.7. The fourth-order valence-electron chi connectivity index (χ4n) is 2.16. The maximum Gasteiger partial charge on any atom is 0.253 e. The normalized spacial score (nSPS) is 13.5. The molecule has 0 fully saturated rings. The average molecular weight is 283 g/mol. The molecule has 110 valence electrons. The van der Waals surface area contributed by atoms with E-state index in [1.54, 1.807) is 19.2 Å². The van der Waals surface area contributed by atoms with Crippen molar-refractivity contribution in [3.05, 3.63) is 71.3 Å². The summed E-state index contributed by atoms with van der Waals surface area (Å²) in [6, 6.07) is 17.4. The third-order valence-electron chi connectivity index (χ3n) is 3.53. The van der Waals surface area contributed by atoms with Crippen LogP contribution in [-0.2, 0) is 11.2 Å². The molecule has 2 aromatic rings. The van der Waals surface area contributed by atoms with Gasteiger partial charge in [0.25, 0.3) is 5.91 Å². The lowest BCUT2D eigenvalue weighted by Gasteiger charge is -2.29. The van der Waals surface area contributed by atoms with Crippen LogP contribution in [0.4, 0.5) is 0 Å². The van der Waals surface area contributed by atoms with E-state index in [1.807, 2.05) is 25.1 Å². The fraction of sp³-hybridized carbons (Fsp3) is 0.278. The molecule has 0 aliphatic rings. The molecule has 0 aliphatic heterocycles. The van der Waals surface area contributed by atoms with Crippen molar-refractivity contribution in [2.45, 2.75) is 26.0 Å². The van der Waals surface area contributed by atoms with E-state index in [1.165, 1.54) is 5.56 Å². The Morgan fingerprint density at radius 2 is 1.71 bits per heavy atom.